The first-order chi connectivity index (χ1) is 30.0. The molecule has 0 aromatic rings. The fraction of sp³-hybridized carbons (Fsp3) is 0.545. The van der Waals surface area contributed by atoms with Gasteiger partial charge in [-0.2, -0.15) is 0 Å². The molecule has 0 aromatic heterocycles. The zero-order valence-electron chi connectivity index (χ0n) is 38.6. The van der Waals surface area contributed by atoms with Gasteiger partial charge >= 0.3 is 17.9 Å². The predicted octanol–water partition coefficient (Wildman–Crippen LogP) is 15.5. The first kappa shape index (κ1) is 56.5. The van der Waals surface area contributed by atoms with Crippen LogP contribution >= 0.6 is 0 Å². The van der Waals surface area contributed by atoms with Crippen LogP contribution in [-0.2, 0) is 28.6 Å². The molecule has 0 bridgehead atoms. The van der Waals surface area contributed by atoms with E-state index in [4.69, 9.17) is 14.2 Å². The van der Waals surface area contributed by atoms with Gasteiger partial charge in [0.25, 0.3) is 0 Å². The smallest absolute Gasteiger partial charge is 0.306 e. The summed E-state index contributed by atoms with van der Waals surface area (Å²) in [5, 5.41) is 0. The van der Waals surface area contributed by atoms with Crippen LogP contribution in [0.1, 0.15) is 175 Å². The van der Waals surface area contributed by atoms with Gasteiger partial charge in [0.1, 0.15) is 13.2 Å². The van der Waals surface area contributed by atoms with Crippen LogP contribution in [0.3, 0.4) is 0 Å². The van der Waals surface area contributed by atoms with Gasteiger partial charge in [0.05, 0.1) is 0 Å². The van der Waals surface area contributed by atoms with Gasteiger partial charge in [0.2, 0.25) is 0 Å². The molecule has 0 spiro atoms. The maximum atomic E-state index is 12.7. The second kappa shape index (κ2) is 48.2. The van der Waals surface area contributed by atoms with Crippen LogP contribution in [0.4, 0.5) is 0 Å². The summed E-state index contributed by atoms with van der Waals surface area (Å²) >= 11 is 0. The van der Waals surface area contributed by atoms with Crippen molar-refractivity contribution in [3.8, 4) is 0 Å². The number of carbonyl (C=O) groups is 3. The second-order valence-corrected chi connectivity index (χ2v) is 15.0. The molecular weight excluding hydrogens is 757 g/mol. The van der Waals surface area contributed by atoms with Crippen LogP contribution in [0.15, 0.2) is 134 Å². The number of ether oxygens (including phenoxy) is 3. The van der Waals surface area contributed by atoms with Crippen molar-refractivity contribution in [1.29, 1.82) is 0 Å². The summed E-state index contributed by atoms with van der Waals surface area (Å²) in [5.41, 5.74) is 0. The lowest BCUT2D eigenvalue weighted by Crippen LogP contribution is -2.30. The van der Waals surface area contributed by atoms with Crippen molar-refractivity contribution in [2.45, 2.75) is 181 Å². The van der Waals surface area contributed by atoms with Gasteiger partial charge < -0.3 is 14.2 Å². The molecule has 0 saturated heterocycles. The Bertz CT molecular complexity index is 1380. The van der Waals surface area contributed by atoms with E-state index in [9.17, 15) is 14.4 Å². The molecule has 0 rings (SSSR count). The highest BCUT2D eigenvalue weighted by atomic mass is 16.6. The molecule has 0 N–H and O–H groups in total. The van der Waals surface area contributed by atoms with Crippen LogP contribution < -0.4 is 0 Å². The van der Waals surface area contributed by atoms with Crippen molar-refractivity contribution in [3.05, 3.63) is 134 Å². The number of hydrogen-bond acceptors (Lipinski definition) is 6. The number of rotatable bonds is 40. The van der Waals surface area contributed by atoms with E-state index in [-0.39, 0.29) is 38.0 Å². The van der Waals surface area contributed by atoms with E-state index in [0.717, 1.165) is 77.0 Å². The Balaban J connectivity index is 4.63. The first-order valence-corrected chi connectivity index (χ1v) is 23.8. The molecular formula is C55H84O6. The van der Waals surface area contributed by atoms with Crippen molar-refractivity contribution in [2.75, 3.05) is 13.2 Å². The third-order valence-corrected chi connectivity index (χ3v) is 9.25. The van der Waals surface area contributed by atoms with Gasteiger partial charge in [-0.25, -0.2) is 0 Å². The van der Waals surface area contributed by atoms with Crippen LogP contribution in [0.5, 0.6) is 0 Å². The monoisotopic (exact) mass is 841 g/mol. The van der Waals surface area contributed by atoms with E-state index in [1.54, 1.807) is 0 Å². The highest BCUT2D eigenvalue weighted by Crippen LogP contribution is 2.11. The topological polar surface area (TPSA) is 78.9 Å². The van der Waals surface area contributed by atoms with Gasteiger partial charge in [0, 0.05) is 19.3 Å². The van der Waals surface area contributed by atoms with Gasteiger partial charge in [-0.1, -0.05) is 193 Å². The summed E-state index contributed by atoms with van der Waals surface area (Å²) in [4.78, 5) is 37.8. The minimum atomic E-state index is -0.847. The van der Waals surface area contributed by atoms with Crippen LogP contribution in [0.25, 0.3) is 0 Å². The molecule has 340 valence electrons. The Kier molecular flexibility index (Phi) is 44.7. The molecule has 1 unspecified atom stereocenters. The largest absolute Gasteiger partial charge is 0.462 e. The molecule has 0 aliphatic rings. The van der Waals surface area contributed by atoms with E-state index in [2.05, 4.69) is 99.8 Å². The van der Waals surface area contributed by atoms with Crippen molar-refractivity contribution in [1.82, 2.24) is 0 Å². The second-order valence-electron chi connectivity index (χ2n) is 15.0. The lowest BCUT2D eigenvalue weighted by Gasteiger charge is -2.18. The summed E-state index contributed by atoms with van der Waals surface area (Å²) in [6, 6.07) is 0. The fourth-order valence-corrected chi connectivity index (χ4v) is 5.74. The maximum absolute atomic E-state index is 12.7. The summed E-state index contributed by atoms with van der Waals surface area (Å²) < 4.78 is 16.6. The van der Waals surface area contributed by atoms with Gasteiger partial charge in [0.15, 0.2) is 6.10 Å². The lowest BCUT2D eigenvalue weighted by molar-refractivity contribution is -0.167. The minimum Gasteiger partial charge on any atom is -0.462 e. The van der Waals surface area contributed by atoms with Crippen LogP contribution in [-0.4, -0.2) is 37.2 Å². The van der Waals surface area contributed by atoms with Crippen molar-refractivity contribution in [3.63, 3.8) is 0 Å². The quantitative estimate of drug-likeness (QED) is 0.0201. The maximum Gasteiger partial charge on any atom is 0.306 e. The molecule has 0 heterocycles. The summed E-state index contributed by atoms with van der Waals surface area (Å²) in [5.74, 6) is -1.10. The molecule has 0 aromatic carbocycles. The lowest BCUT2D eigenvalue weighted by atomic mass is 10.1. The minimum absolute atomic E-state index is 0.138. The Morgan fingerprint density at radius 2 is 0.738 bits per heavy atom. The normalized spacial score (nSPS) is 13.3. The molecule has 0 amide bonds. The van der Waals surface area contributed by atoms with E-state index in [0.29, 0.717) is 25.7 Å². The summed E-state index contributed by atoms with van der Waals surface area (Å²) in [7, 11) is 0. The molecule has 0 aliphatic carbocycles. The zero-order valence-corrected chi connectivity index (χ0v) is 38.6. The SMILES string of the molecule is CC/C=C/C=C/C=C/C=C/C=C/CCCC(=O)OC(COC(=O)CCC/C=C/C/C=C/C/C=C/C/C=C/C/C=C/CC)COC(=O)CCCCC/C=C/CCCCCCCC. The van der Waals surface area contributed by atoms with Gasteiger partial charge in [-0.3, -0.25) is 14.4 Å². The molecule has 0 radical (unpaired) electrons. The highest BCUT2D eigenvalue weighted by Gasteiger charge is 2.19. The van der Waals surface area contributed by atoms with Crippen molar-refractivity contribution < 1.29 is 28.6 Å². The Morgan fingerprint density at radius 3 is 1.28 bits per heavy atom. The van der Waals surface area contributed by atoms with Crippen LogP contribution in [0, 0.1) is 0 Å². The third kappa shape index (κ3) is 46.5. The van der Waals surface area contributed by atoms with E-state index in [1.807, 2.05) is 54.7 Å². The standard InChI is InChI=1S/C55H84O6/c1-4-7-10-13-16-19-22-25-26-27-28-31-33-36-39-42-45-48-54(57)60-51-52(61-55(58)49-46-43-40-37-34-30-24-21-18-15-12-9-6-3)50-59-53(56)47-44-41-38-35-32-29-23-20-17-14-11-8-5-2/h7,9-10,12,15-16,18-19,21,24-26,28-32,34,36-37,39-40,52H,4-6,8,11,13-14,17,20,22-23,27,33,35,38,41-51H2,1-3H3/b10-7+,12-9+,18-15+,19-16+,24-21+,26-25+,31-28+,32-29+,34-30+,39-36+,40-37+. The van der Waals surface area contributed by atoms with E-state index in [1.165, 1.54) is 38.5 Å². The number of hydrogen-bond donors (Lipinski definition) is 0. The first-order valence-electron chi connectivity index (χ1n) is 23.8. The Labute approximate surface area is 373 Å². The third-order valence-electron chi connectivity index (χ3n) is 9.25. The summed E-state index contributed by atoms with van der Waals surface area (Å²) in [6.45, 7) is 6.21. The molecule has 0 saturated carbocycles. The van der Waals surface area contributed by atoms with Gasteiger partial charge in [-0.15, -0.1) is 0 Å². The molecule has 0 aliphatic heterocycles. The van der Waals surface area contributed by atoms with Crippen molar-refractivity contribution >= 4 is 17.9 Å². The summed E-state index contributed by atoms with van der Waals surface area (Å²) in [6.07, 6.45) is 67.3. The Morgan fingerprint density at radius 1 is 0.361 bits per heavy atom. The van der Waals surface area contributed by atoms with Gasteiger partial charge in [-0.05, 0) is 96.3 Å². The van der Waals surface area contributed by atoms with Crippen molar-refractivity contribution in [2.24, 2.45) is 0 Å². The molecule has 6 nitrogen and oxygen atoms in total. The van der Waals surface area contributed by atoms with E-state index < -0.39 is 12.1 Å². The molecule has 0 fully saturated rings. The zero-order chi connectivity index (χ0) is 44.4. The van der Waals surface area contributed by atoms with E-state index >= 15 is 0 Å². The number of allylic oxidation sites excluding steroid dienone is 22. The number of carbonyl (C=O) groups excluding carboxylic acids is 3. The van der Waals surface area contributed by atoms with Crippen LogP contribution in [0.2, 0.25) is 0 Å². The molecule has 1 atom stereocenters. The highest BCUT2D eigenvalue weighted by molar-refractivity contribution is 5.71. The number of esters is 3. The molecule has 61 heavy (non-hydrogen) atoms. The average molecular weight is 841 g/mol. The molecule has 6 heteroatoms. The average Bonchev–Trinajstić information content (AvgIpc) is 3.26. The fourth-order valence-electron chi connectivity index (χ4n) is 5.74. The number of unbranched alkanes of at least 4 members (excludes halogenated alkanes) is 11. The predicted molar refractivity (Wildman–Crippen MR) is 260 cm³/mol. The Hall–Kier alpha value is -4.45.